The topological polar surface area (TPSA) is 49.4 Å². The maximum absolute atomic E-state index is 11.7. The van der Waals surface area contributed by atoms with Crippen LogP contribution in [0.5, 0.6) is 0 Å². The van der Waals surface area contributed by atoms with Gasteiger partial charge in [-0.1, -0.05) is 6.92 Å². The standard InChI is InChI=1S/C12H24N2O2S/c1-3-11-4-7-14(8-6-13-11)12(2)5-9-17(15,16)10-12/h11,13H,3-10H2,1-2H3. The van der Waals surface area contributed by atoms with Gasteiger partial charge in [-0.05, 0) is 26.2 Å². The summed E-state index contributed by atoms with van der Waals surface area (Å²) in [7, 11) is -2.80. The highest BCUT2D eigenvalue weighted by Crippen LogP contribution is 2.30. The van der Waals surface area contributed by atoms with Crippen molar-refractivity contribution >= 4 is 9.84 Å². The first-order chi connectivity index (χ1) is 7.95. The normalized spacial score (nSPS) is 39.1. The molecule has 0 amide bonds. The highest BCUT2D eigenvalue weighted by atomic mass is 32.2. The first-order valence-electron chi connectivity index (χ1n) is 6.64. The lowest BCUT2D eigenvalue weighted by molar-refractivity contribution is 0.134. The Morgan fingerprint density at radius 2 is 2.18 bits per heavy atom. The smallest absolute Gasteiger partial charge is 0.152 e. The maximum atomic E-state index is 11.7. The first-order valence-corrected chi connectivity index (χ1v) is 8.46. The van der Waals surface area contributed by atoms with Gasteiger partial charge in [-0.25, -0.2) is 8.42 Å². The van der Waals surface area contributed by atoms with Crippen LogP contribution in [0.3, 0.4) is 0 Å². The van der Waals surface area contributed by atoms with E-state index < -0.39 is 9.84 Å². The SMILES string of the molecule is CCC1CCN(C2(C)CCS(=O)(=O)C2)CCN1. The average Bonchev–Trinajstić information content (AvgIpc) is 2.48. The first kappa shape index (κ1) is 13.3. The Morgan fingerprint density at radius 3 is 2.76 bits per heavy atom. The van der Waals surface area contributed by atoms with Gasteiger partial charge in [0.05, 0.1) is 11.5 Å². The predicted molar refractivity (Wildman–Crippen MR) is 69.9 cm³/mol. The molecule has 0 saturated carbocycles. The fraction of sp³-hybridized carbons (Fsp3) is 1.00. The van der Waals surface area contributed by atoms with Crippen molar-refractivity contribution in [1.29, 1.82) is 0 Å². The van der Waals surface area contributed by atoms with Crippen LogP contribution in [0.2, 0.25) is 0 Å². The van der Waals surface area contributed by atoms with E-state index in [1.54, 1.807) is 0 Å². The third kappa shape index (κ3) is 3.01. The lowest BCUT2D eigenvalue weighted by Crippen LogP contribution is -2.48. The molecule has 2 unspecified atom stereocenters. The summed E-state index contributed by atoms with van der Waals surface area (Å²) < 4.78 is 23.3. The van der Waals surface area contributed by atoms with Crippen molar-refractivity contribution in [2.24, 2.45) is 0 Å². The molecule has 5 heteroatoms. The molecular weight excluding hydrogens is 236 g/mol. The number of nitrogens with one attached hydrogen (secondary N) is 1. The number of hydrogen-bond donors (Lipinski definition) is 1. The molecule has 2 aliphatic rings. The second-order valence-electron chi connectivity index (χ2n) is 5.67. The van der Waals surface area contributed by atoms with Crippen molar-refractivity contribution in [2.45, 2.75) is 44.7 Å². The molecule has 17 heavy (non-hydrogen) atoms. The van der Waals surface area contributed by atoms with Crippen LogP contribution in [0.25, 0.3) is 0 Å². The Balaban J connectivity index is 2.03. The van der Waals surface area contributed by atoms with Gasteiger partial charge in [-0.15, -0.1) is 0 Å². The van der Waals surface area contributed by atoms with E-state index in [-0.39, 0.29) is 5.54 Å². The maximum Gasteiger partial charge on any atom is 0.152 e. The molecule has 2 fully saturated rings. The van der Waals surface area contributed by atoms with Crippen LogP contribution < -0.4 is 5.32 Å². The summed E-state index contributed by atoms with van der Waals surface area (Å²) >= 11 is 0. The minimum atomic E-state index is -2.80. The molecule has 0 aromatic rings. The highest BCUT2D eigenvalue weighted by Gasteiger charge is 2.42. The monoisotopic (exact) mass is 260 g/mol. The molecule has 0 aliphatic carbocycles. The van der Waals surface area contributed by atoms with E-state index >= 15 is 0 Å². The molecule has 2 rings (SSSR count). The van der Waals surface area contributed by atoms with Gasteiger partial charge in [-0.3, -0.25) is 4.90 Å². The zero-order chi connectivity index (χ0) is 12.5. The lowest BCUT2D eigenvalue weighted by atomic mass is 9.98. The zero-order valence-electron chi connectivity index (χ0n) is 10.9. The fourth-order valence-corrected chi connectivity index (χ4v) is 5.23. The third-order valence-corrected chi connectivity index (χ3v) is 6.19. The zero-order valence-corrected chi connectivity index (χ0v) is 11.7. The predicted octanol–water partition coefficient (Wildman–Crippen LogP) is 0.638. The van der Waals surface area contributed by atoms with Crippen molar-refractivity contribution in [3.8, 4) is 0 Å². The summed E-state index contributed by atoms with van der Waals surface area (Å²) in [6, 6.07) is 0.599. The minimum absolute atomic E-state index is 0.122. The molecular formula is C12H24N2O2S. The van der Waals surface area contributed by atoms with Crippen LogP contribution in [-0.4, -0.2) is 56.0 Å². The van der Waals surface area contributed by atoms with Crippen molar-refractivity contribution in [3.63, 3.8) is 0 Å². The van der Waals surface area contributed by atoms with E-state index in [4.69, 9.17) is 0 Å². The quantitative estimate of drug-likeness (QED) is 0.791. The van der Waals surface area contributed by atoms with E-state index in [2.05, 4.69) is 24.1 Å². The van der Waals surface area contributed by atoms with Crippen LogP contribution in [0.4, 0.5) is 0 Å². The molecule has 2 aliphatic heterocycles. The number of sulfone groups is 1. The molecule has 0 spiro atoms. The third-order valence-electron chi connectivity index (χ3n) is 4.30. The lowest BCUT2D eigenvalue weighted by Gasteiger charge is -2.36. The molecule has 2 heterocycles. The molecule has 0 aromatic heterocycles. The minimum Gasteiger partial charge on any atom is -0.313 e. The molecule has 100 valence electrons. The Bertz CT molecular complexity index is 369. The van der Waals surface area contributed by atoms with E-state index in [1.165, 1.54) is 0 Å². The van der Waals surface area contributed by atoms with Crippen LogP contribution in [-0.2, 0) is 9.84 Å². The van der Waals surface area contributed by atoms with Crippen molar-refractivity contribution in [3.05, 3.63) is 0 Å². The molecule has 4 nitrogen and oxygen atoms in total. The van der Waals surface area contributed by atoms with E-state index in [9.17, 15) is 8.42 Å². The Labute approximate surface area is 105 Å². The van der Waals surface area contributed by atoms with Gasteiger partial charge < -0.3 is 5.32 Å². The van der Waals surface area contributed by atoms with Crippen LogP contribution in [0.15, 0.2) is 0 Å². The number of hydrogen-bond acceptors (Lipinski definition) is 4. The molecule has 0 radical (unpaired) electrons. The molecule has 0 bridgehead atoms. The van der Waals surface area contributed by atoms with Gasteiger partial charge in [0.25, 0.3) is 0 Å². The van der Waals surface area contributed by atoms with Gasteiger partial charge >= 0.3 is 0 Å². The van der Waals surface area contributed by atoms with Crippen molar-refractivity contribution < 1.29 is 8.42 Å². The molecule has 2 saturated heterocycles. The highest BCUT2D eigenvalue weighted by molar-refractivity contribution is 7.91. The average molecular weight is 260 g/mol. The van der Waals surface area contributed by atoms with Crippen molar-refractivity contribution in [2.75, 3.05) is 31.1 Å². The number of rotatable bonds is 2. The summed E-state index contributed by atoms with van der Waals surface area (Å²) in [4.78, 5) is 2.39. The molecule has 1 N–H and O–H groups in total. The Kier molecular flexibility index (Phi) is 3.80. The van der Waals surface area contributed by atoms with Gasteiger partial charge in [0, 0.05) is 31.2 Å². The Morgan fingerprint density at radius 1 is 1.41 bits per heavy atom. The van der Waals surface area contributed by atoms with Gasteiger partial charge in [0.1, 0.15) is 0 Å². The van der Waals surface area contributed by atoms with Crippen LogP contribution in [0, 0.1) is 0 Å². The fourth-order valence-electron chi connectivity index (χ4n) is 3.06. The van der Waals surface area contributed by atoms with Crippen molar-refractivity contribution in [1.82, 2.24) is 10.2 Å². The summed E-state index contributed by atoms with van der Waals surface area (Å²) in [5.41, 5.74) is -0.122. The molecule has 2 atom stereocenters. The second kappa shape index (κ2) is 4.86. The van der Waals surface area contributed by atoms with E-state index in [1.807, 2.05) is 0 Å². The van der Waals surface area contributed by atoms with Crippen LogP contribution in [0.1, 0.15) is 33.1 Å². The molecule has 0 aromatic carbocycles. The summed E-state index contributed by atoms with van der Waals surface area (Å²) in [5.74, 6) is 0.710. The summed E-state index contributed by atoms with van der Waals surface area (Å²) in [6.45, 7) is 7.30. The van der Waals surface area contributed by atoms with Crippen LogP contribution >= 0.6 is 0 Å². The summed E-state index contributed by atoms with van der Waals surface area (Å²) in [5, 5.41) is 3.53. The Hall–Kier alpha value is -0.130. The second-order valence-corrected chi connectivity index (χ2v) is 7.86. The largest absolute Gasteiger partial charge is 0.313 e. The summed E-state index contributed by atoms with van der Waals surface area (Å²) in [6.07, 6.45) is 3.08. The van der Waals surface area contributed by atoms with Gasteiger partial charge in [-0.2, -0.15) is 0 Å². The van der Waals surface area contributed by atoms with Gasteiger partial charge in [0.15, 0.2) is 9.84 Å². The van der Waals surface area contributed by atoms with Gasteiger partial charge in [0.2, 0.25) is 0 Å². The van der Waals surface area contributed by atoms with E-state index in [0.717, 1.165) is 38.9 Å². The number of nitrogens with zero attached hydrogens (tertiary/aromatic N) is 1. The van der Waals surface area contributed by atoms with E-state index in [0.29, 0.717) is 17.5 Å².